The molecule has 1 heterocycles. The third-order valence-electron chi connectivity index (χ3n) is 4.72. The molecule has 1 spiro atoms. The van der Waals surface area contributed by atoms with E-state index in [9.17, 15) is 4.79 Å². The predicted octanol–water partition coefficient (Wildman–Crippen LogP) is 3.05. The third kappa shape index (κ3) is 2.47. The Hall–Kier alpha value is -1.35. The first-order chi connectivity index (χ1) is 9.77. The van der Waals surface area contributed by atoms with Gasteiger partial charge in [-0.25, -0.2) is 0 Å². The van der Waals surface area contributed by atoms with Crippen molar-refractivity contribution in [3.05, 3.63) is 29.8 Å². The fourth-order valence-electron chi connectivity index (χ4n) is 3.39. The second-order valence-corrected chi connectivity index (χ2v) is 6.08. The lowest BCUT2D eigenvalue weighted by Gasteiger charge is -2.23. The maximum atomic E-state index is 12.8. The van der Waals surface area contributed by atoms with Crippen molar-refractivity contribution in [2.45, 2.75) is 32.6 Å². The molecule has 1 N–H and O–H groups in total. The topological polar surface area (TPSA) is 38.3 Å². The number of ether oxygens (including phenoxy) is 1. The van der Waals surface area contributed by atoms with Crippen molar-refractivity contribution in [3.63, 3.8) is 0 Å². The number of carbonyl (C=O) groups excluding carboxylic acids is 1. The van der Waals surface area contributed by atoms with Crippen LogP contribution < -0.4 is 10.1 Å². The molecule has 1 saturated carbocycles. The van der Waals surface area contributed by atoms with E-state index in [0.29, 0.717) is 17.8 Å². The van der Waals surface area contributed by atoms with Crippen molar-refractivity contribution in [1.82, 2.24) is 5.32 Å². The first-order valence-electron chi connectivity index (χ1n) is 7.73. The predicted molar refractivity (Wildman–Crippen MR) is 79.2 cm³/mol. The standard InChI is InChI=1S/C17H23NO2/c1-2-11-20-15-6-4-3-5-13(15)16(19)14-12-17(14)7-9-18-10-8-17/h3-6,14,18H,2,7-12H2,1H3. The second-order valence-electron chi connectivity index (χ2n) is 6.08. The highest BCUT2D eigenvalue weighted by Gasteiger charge is 2.57. The minimum atomic E-state index is 0.218. The number of para-hydroxylation sites is 1. The quantitative estimate of drug-likeness (QED) is 0.838. The smallest absolute Gasteiger partial charge is 0.170 e. The molecule has 108 valence electrons. The lowest BCUT2D eigenvalue weighted by molar-refractivity contribution is 0.0936. The van der Waals surface area contributed by atoms with E-state index >= 15 is 0 Å². The zero-order chi connectivity index (χ0) is 14.0. The Morgan fingerprint density at radius 2 is 2.10 bits per heavy atom. The first-order valence-corrected chi connectivity index (χ1v) is 7.73. The van der Waals surface area contributed by atoms with E-state index in [2.05, 4.69) is 12.2 Å². The van der Waals surface area contributed by atoms with Crippen LogP contribution in [-0.4, -0.2) is 25.5 Å². The summed E-state index contributed by atoms with van der Waals surface area (Å²) in [5, 5.41) is 3.38. The van der Waals surface area contributed by atoms with Gasteiger partial charge in [-0.15, -0.1) is 0 Å². The number of hydrogen-bond acceptors (Lipinski definition) is 3. The Balaban J connectivity index is 1.75. The van der Waals surface area contributed by atoms with Crippen LogP contribution in [0.3, 0.4) is 0 Å². The highest BCUT2D eigenvalue weighted by atomic mass is 16.5. The van der Waals surface area contributed by atoms with E-state index in [1.807, 2.05) is 24.3 Å². The number of carbonyl (C=O) groups is 1. The number of hydrogen-bond donors (Lipinski definition) is 1. The summed E-state index contributed by atoms with van der Waals surface area (Å²) in [7, 11) is 0. The summed E-state index contributed by atoms with van der Waals surface area (Å²) < 4.78 is 5.73. The Morgan fingerprint density at radius 3 is 2.85 bits per heavy atom. The number of rotatable bonds is 5. The van der Waals surface area contributed by atoms with Crippen molar-refractivity contribution in [3.8, 4) is 5.75 Å². The van der Waals surface area contributed by atoms with Gasteiger partial charge in [-0.05, 0) is 56.3 Å². The number of ketones is 1. The van der Waals surface area contributed by atoms with Crippen LogP contribution in [-0.2, 0) is 0 Å². The molecule has 1 unspecified atom stereocenters. The summed E-state index contributed by atoms with van der Waals surface area (Å²) in [6.07, 6.45) is 4.31. The van der Waals surface area contributed by atoms with Crippen LogP contribution in [0.25, 0.3) is 0 Å². The molecule has 0 aromatic heterocycles. The average molecular weight is 273 g/mol. The molecule has 1 aromatic rings. The number of nitrogens with one attached hydrogen (secondary N) is 1. The normalized spacial score (nSPS) is 23.6. The molecular formula is C17H23NO2. The molecule has 0 amide bonds. The molecule has 3 rings (SSSR count). The summed E-state index contributed by atoms with van der Waals surface area (Å²) in [5.74, 6) is 1.27. The molecule has 1 aromatic carbocycles. The van der Waals surface area contributed by atoms with Gasteiger partial charge >= 0.3 is 0 Å². The molecule has 2 fully saturated rings. The summed E-state index contributed by atoms with van der Waals surface area (Å²) in [5.41, 5.74) is 1.07. The Labute approximate surface area is 120 Å². The van der Waals surface area contributed by atoms with E-state index < -0.39 is 0 Å². The summed E-state index contributed by atoms with van der Waals surface area (Å²) in [4.78, 5) is 12.8. The van der Waals surface area contributed by atoms with Gasteiger partial charge < -0.3 is 10.1 Å². The van der Waals surface area contributed by atoms with Gasteiger partial charge in [-0.3, -0.25) is 4.79 Å². The SMILES string of the molecule is CCCOc1ccccc1C(=O)C1CC12CCNCC2. The lowest BCUT2D eigenvalue weighted by Crippen LogP contribution is -2.30. The van der Waals surface area contributed by atoms with Crippen LogP contribution in [0.5, 0.6) is 5.75 Å². The number of piperidine rings is 1. The molecule has 1 atom stereocenters. The van der Waals surface area contributed by atoms with E-state index in [1.54, 1.807) is 0 Å². The minimum Gasteiger partial charge on any atom is -0.493 e. The van der Waals surface area contributed by atoms with Gasteiger partial charge in [0.25, 0.3) is 0 Å². The van der Waals surface area contributed by atoms with Crippen LogP contribution >= 0.6 is 0 Å². The molecule has 2 aliphatic rings. The summed E-state index contributed by atoms with van der Waals surface area (Å²) in [6, 6.07) is 7.71. The first kappa shape index (κ1) is 13.6. The van der Waals surface area contributed by atoms with Crippen molar-refractivity contribution >= 4 is 5.78 Å². The van der Waals surface area contributed by atoms with Crippen LogP contribution in [0.2, 0.25) is 0 Å². The molecule has 20 heavy (non-hydrogen) atoms. The van der Waals surface area contributed by atoms with Crippen molar-refractivity contribution < 1.29 is 9.53 Å². The van der Waals surface area contributed by atoms with Crippen molar-refractivity contribution in [2.75, 3.05) is 19.7 Å². The van der Waals surface area contributed by atoms with E-state index in [4.69, 9.17) is 4.74 Å². The Kier molecular flexibility index (Phi) is 3.79. The largest absolute Gasteiger partial charge is 0.493 e. The van der Waals surface area contributed by atoms with Crippen molar-refractivity contribution in [1.29, 1.82) is 0 Å². The van der Waals surface area contributed by atoms with Crippen LogP contribution in [0, 0.1) is 11.3 Å². The zero-order valence-electron chi connectivity index (χ0n) is 12.2. The Bertz CT molecular complexity index is 492. The van der Waals surface area contributed by atoms with Gasteiger partial charge in [-0.1, -0.05) is 19.1 Å². The fraction of sp³-hybridized carbons (Fsp3) is 0.588. The molecule has 3 nitrogen and oxygen atoms in total. The van der Waals surface area contributed by atoms with E-state index in [0.717, 1.165) is 50.1 Å². The van der Waals surface area contributed by atoms with Gasteiger partial charge in [0, 0.05) is 5.92 Å². The fourth-order valence-corrected chi connectivity index (χ4v) is 3.39. The molecule has 1 saturated heterocycles. The molecule has 1 aliphatic heterocycles. The molecule has 0 radical (unpaired) electrons. The van der Waals surface area contributed by atoms with Gasteiger partial charge in [0.1, 0.15) is 5.75 Å². The zero-order valence-corrected chi connectivity index (χ0v) is 12.2. The van der Waals surface area contributed by atoms with Crippen LogP contribution in [0.1, 0.15) is 43.0 Å². The molecule has 3 heteroatoms. The third-order valence-corrected chi connectivity index (χ3v) is 4.72. The lowest BCUT2D eigenvalue weighted by atomic mass is 9.89. The molecular weight excluding hydrogens is 250 g/mol. The Morgan fingerprint density at radius 1 is 1.35 bits per heavy atom. The minimum absolute atomic E-state index is 0.218. The van der Waals surface area contributed by atoms with Crippen LogP contribution in [0.4, 0.5) is 0 Å². The summed E-state index contributed by atoms with van der Waals surface area (Å²) >= 11 is 0. The molecule has 1 aliphatic carbocycles. The van der Waals surface area contributed by atoms with Gasteiger partial charge in [0.05, 0.1) is 12.2 Å². The maximum Gasteiger partial charge on any atom is 0.170 e. The molecule has 0 bridgehead atoms. The number of benzene rings is 1. The summed E-state index contributed by atoms with van der Waals surface area (Å²) in [6.45, 7) is 4.86. The van der Waals surface area contributed by atoms with Gasteiger partial charge in [0.15, 0.2) is 5.78 Å². The number of Topliss-reactive ketones (excluding diaryl/α,β-unsaturated/α-hetero) is 1. The van der Waals surface area contributed by atoms with Crippen LogP contribution in [0.15, 0.2) is 24.3 Å². The average Bonchev–Trinajstić information content (AvgIpc) is 3.18. The highest BCUT2D eigenvalue weighted by Crippen LogP contribution is 2.59. The monoisotopic (exact) mass is 273 g/mol. The highest BCUT2D eigenvalue weighted by molar-refractivity contribution is 6.02. The van der Waals surface area contributed by atoms with E-state index in [-0.39, 0.29) is 5.92 Å². The second kappa shape index (κ2) is 5.57. The van der Waals surface area contributed by atoms with Crippen molar-refractivity contribution in [2.24, 2.45) is 11.3 Å². The maximum absolute atomic E-state index is 12.8. The van der Waals surface area contributed by atoms with E-state index in [1.165, 1.54) is 0 Å². The van der Waals surface area contributed by atoms with Gasteiger partial charge in [-0.2, -0.15) is 0 Å². The van der Waals surface area contributed by atoms with Gasteiger partial charge in [0.2, 0.25) is 0 Å².